The van der Waals surface area contributed by atoms with Crippen molar-refractivity contribution in [3.8, 4) is 11.5 Å². The van der Waals surface area contributed by atoms with Gasteiger partial charge in [0, 0.05) is 30.7 Å². The third-order valence-electron chi connectivity index (χ3n) is 9.31. The predicted octanol–water partition coefficient (Wildman–Crippen LogP) is 1.25. The molecule has 0 saturated heterocycles. The Labute approximate surface area is 231 Å². The fourth-order valence-corrected chi connectivity index (χ4v) is 8.08. The van der Waals surface area contributed by atoms with Crippen molar-refractivity contribution in [2.45, 2.75) is 43.5 Å². The van der Waals surface area contributed by atoms with Gasteiger partial charge in [0.1, 0.15) is 52.0 Å². The molecule has 2 bridgehead atoms. The minimum Gasteiger partial charge on any atom is -0.507 e. The van der Waals surface area contributed by atoms with Crippen molar-refractivity contribution >= 4 is 35.2 Å². The van der Waals surface area contributed by atoms with Crippen LogP contribution in [0, 0.1) is 19.8 Å². The number of phenolic OH excluding ortho intramolecular Hbond substituents is 2. The molecule has 2 aromatic rings. The smallest absolute Gasteiger partial charge is 0.350 e. The van der Waals surface area contributed by atoms with Crippen LogP contribution in [0.4, 0.5) is 0 Å². The molecule has 1 saturated carbocycles. The molecule has 2 heterocycles. The van der Waals surface area contributed by atoms with Crippen LogP contribution in [0.5, 0.6) is 11.5 Å². The predicted molar refractivity (Wildman–Crippen MR) is 133 cm³/mol. The minimum absolute atomic E-state index is 0.00350. The monoisotopic (exact) mass is 562 g/mol. The van der Waals surface area contributed by atoms with Crippen LogP contribution in [-0.4, -0.2) is 70.4 Å². The quantitative estimate of drug-likeness (QED) is 0.271. The average molecular weight is 562 g/mol. The number of carbonyl (C=O) groups excluding carboxylic acids is 5. The van der Waals surface area contributed by atoms with E-state index in [1.807, 2.05) is 0 Å². The summed E-state index contributed by atoms with van der Waals surface area (Å²) < 4.78 is 22.4. The second kappa shape index (κ2) is 7.39. The Morgan fingerprint density at radius 3 is 2.24 bits per heavy atom. The highest BCUT2D eigenvalue weighted by atomic mass is 16.6. The molecular weight excluding hydrogens is 540 g/mol. The Kier molecular flexibility index (Phi) is 4.58. The van der Waals surface area contributed by atoms with Crippen LogP contribution >= 0.6 is 0 Å². The Morgan fingerprint density at radius 1 is 0.927 bits per heavy atom. The number of ether oxygens (including phenoxy) is 4. The zero-order valence-electron chi connectivity index (χ0n) is 22.1. The summed E-state index contributed by atoms with van der Waals surface area (Å²) in [5.41, 5.74) is -7.34. The maximum Gasteiger partial charge on any atom is 0.350 e. The molecular formula is C29H22O12. The number of aromatic hydroxyl groups is 2. The summed E-state index contributed by atoms with van der Waals surface area (Å²) >= 11 is 0. The number of hydrogen-bond donors (Lipinski definition) is 3. The van der Waals surface area contributed by atoms with Gasteiger partial charge in [0.05, 0.1) is 11.5 Å². The molecule has 12 heteroatoms. The van der Waals surface area contributed by atoms with Crippen LogP contribution in [0.1, 0.15) is 65.8 Å². The normalized spacial score (nSPS) is 31.9. The molecule has 2 aliphatic heterocycles. The number of aryl methyl sites for hydroxylation is 2. The molecule has 1 fully saturated rings. The molecule has 5 atom stereocenters. The first-order valence-electron chi connectivity index (χ1n) is 12.7. The highest BCUT2D eigenvalue weighted by Crippen LogP contribution is 2.72. The number of aliphatic hydroxyl groups is 1. The van der Waals surface area contributed by atoms with Gasteiger partial charge in [-0.1, -0.05) is 0 Å². The van der Waals surface area contributed by atoms with Gasteiger partial charge in [0.15, 0.2) is 5.78 Å². The summed E-state index contributed by atoms with van der Waals surface area (Å²) in [6, 6.07) is 2.45. The fourth-order valence-electron chi connectivity index (χ4n) is 8.08. The van der Waals surface area contributed by atoms with Crippen molar-refractivity contribution in [2.24, 2.45) is 5.92 Å². The molecule has 3 aliphatic carbocycles. The van der Waals surface area contributed by atoms with Crippen LogP contribution in [-0.2, 0) is 39.6 Å². The van der Waals surface area contributed by atoms with Gasteiger partial charge in [-0.05, 0) is 48.7 Å². The Bertz CT molecular complexity index is 1770. The average Bonchev–Trinajstić information content (AvgIpc) is 3.01. The van der Waals surface area contributed by atoms with Crippen LogP contribution in [0.3, 0.4) is 0 Å². The van der Waals surface area contributed by atoms with Gasteiger partial charge in [-0.3, -0.25) is 9.59 Å². The van der Waals surface area contributed by atoms with Crippen molar-refractivity contribution in [1.29, 1.82) is 0 Å². The SMILES string of the molecule is CO[C@]12c3c(C)cc(O)c4c3C(=C[C@@]1(O)[C@]13COC(=O)c5c(O)cc(C)c(c51)C(=O)[C@H]2[C@@H]3OC(C)=O)C(=O)OC4=O. The summed E-state index contributed by atoms with van der Waals surface area (Å²) in [5.74, 6) is -7.27. The van der Waals surface area contributed by atoms with Crippen molar-refractivity contribution in [3.05, 3.63) is 62.7 Å². The Balaban J connectivity index is 1.74. The first-order valence-corrected chi connectivity index (χ1v) is 12.7. The molecule has 1 spiro atoms. The van der Waals surface area contributed by atoms with Gasteiger partial charge in [0.25, 0.3) is 0 Å². The molecule has 7 rings (SSSR count). The number of fused-ring (bicyclic) bond motifs is 4. The van der Waals surface area contributed by atoms with E-state index in [0.29, 0.717) is 0 Å². The summed E-state index contributed by atoms with van der Waals surface area (Å²) in [6.07, 6.45) is -0.470. The van der Waals surface area contributed by atoms with Crippen molar-refractivity contribution < 1.29 is 58.2 Å². The van der Waals surface area contributed by atoms with E-state index in [9.17, 15) is 39.3 Å². The number of hydrogen-bond acceptors (Lipinski definition) is 12. The van der Waals surface area contributed by atoms with Crippen LogP contribution in [0.2, 0.25) is 0 Å². The minimum atomic E-state index is -2.49. The molecule has 0 radical (unpaired) electrons. The zero-order chi connectivity index (χ0) is 29.5. The highest BCUT2D eigenvalue weighted by molar-refractivity contribution is 6.28. The number of phenols is 2. The topological polar surface area (TPSA) is 183 Å². The lowest BCUT2D eigenvalue weighted by Gasteiger charge is -2.52. The maximum atomic E-state index is 14.6. The van der Waals surface area contributed by atoms with E-state index in [-0.39, 0.29) is 44.5 Å². The fraction of sp³-hybridized carbons (Fsp3) is 0.345. The summed E-state index contributed by atoms with van der Waals surface area (Å²) in [5, 5.41) is 34.8. The molecule has 0 amide bonds. The van der Waals surface area contributed by atoms with E-state index in [2.05, 4.69) is 0 Å². The number of cyclic esters (lactones) is 3. The van der Waals surface area contributed by atoms with Gasteiger partial charge >= 0.3 is 23.9 Å². The first kappa shape index (κ1) is 25.4. The summed E-state index contributed by atoms with van der Waals surface area (Å²) in [4.78, 5) is 66.3. The molecule has 210 valence electrons. The lowest BCUT2D eigenvalue weighted by atomic mass is 9.58. The maximum absolute atomic E-state index is 14.6. The van der Waals surface area contributed by atoms with Crippen LogP contribution in [0.25, 0.3) is 5.57 Å². The van der Waals surface area contributed by atoms with E-state index in [4.69, 9.17) is 18.9 Å². The van der Waals surface area contributed by atoms with Gasteiger partial charge < -0.3 is 34.3 Å². The number of rotatable bonds is 2. The zero-order valence-corrected chi connectivity index (χ0v) is 22.1. The third-order valence-corrected chi connectivity index (χ3v) is 9.31. The summed E-state index contributed by atoms with van der Waals surface area (Å²) in [7, 11) is 1.21. The molecule has 0 aromatic heterocycles. The van der Waals surface area contributed by atoms with Crippen molar-refractivity contribution in [1.82, 2.24) is 0 Å². The molecule has 0 unspecified atom stereocenters. The van der Waals surface area contributed by atoms with E-state index in [1.165, 1.54) is 26.2 Å². The van der Waals surface area contributed by atoms with Gasteiger partial charge in [-0.25, -0.2) is 14.4 Å². The lowest BCUT2D eigenvalue weighted by Crippen LogP contribution is -2.65. The molecule has 5 aliphatic rings. The van der Waals surface area contributed by atoms with Crippen molar-refractivity contribution in [3.63, 3.8) is 0 Å². The third kappa shape index (κ3) is 2.44. The second-order valence-corrected chi connectivity index (χ2v) is 11.0. The van der Waals surface area contributed by atoms with Gasteiger partial charge in [0.2, 0.25) is 0 Å². The standard InChI is InChI=1S/C29H22O12/c1-9-5-14(32)18-20-15(9)22(33)21-23(40-11(3)30)27(20,8-39-25(18)35)28(37)7-12-16-17(26(36)41-24(12)34)13(31)6-10(2)19(16)29(21,28)38-4/h5-7,21,23,31-32,37H,8H2,1-4H3/t21-,23-,27+,28+,29-/m0/s1. The number of Topliss-reactive ketones (excluding diaryl/α,β-unsaturated/α-hetero) is 1. The van der Waals surface area contributed by atoms with Gasteiger partial charge in [-0.2, -0.15) is 0 Å². The van der Waals surface area contributed by atoms with E-state index < -0.39 is 82.0 Å². The summed E-state index contributed by atoms with van der Waals surface area (Å²) in [6.45, 7) is 3.55. The number of methoxy groups -OCH3 is 1. The Morgan fingerprint density at radius 2 is 1.59 bits per heavy atom. The molecule has 3 N–H and O–H groups in total. The van der Waals surface area contributed by atoms with E-state index in [1.54, 1.807) is 6.92 Å². The van der Waals surface area contributed by atoms with Gasteiger partial charge in [-0.15, -0.1) is 0 Å². The van der Waals surface area contributed by atoms with Crippen molar-refractivity contribution in [2.75, 3.05) is 13.7 Å². The second-order valence-electron chi connectivity index (χ2n) is 11.0. The molecule has 12 nitrogen and oxygen atoms in total. The van der Waals surface area contributed by atoms with Crippen LogP contribution < -0.4 is 0 Å². The molecule has 41 heavy (non-hydrogen) atoms. The number of esters is 4. The largest absolute Gasteiger partial charge is 0.507 e. The first-order chi connectivity index (χ1) is 19.3. The molecule has 2 aromatic carbocycles. The van der Waals surface area contributed by atoms with E-state index >= 15 is 0 Å². The van der Waals surface area contributed by atoms with Crippen LogP contribution in [0.15, 0.2) is 18.2 Å². The lowest BCUT2D eigenvalue weighted by molar-refractivity contribution is -0.173. The Hall–Kier alpha value is -4.55. The number of ketones is 1. The highest BCUT2D eigenvalue weighted by Gasteiger charge is 2.85. The van der Waals surface area contributed by atoms with E-state index in [0.717, 1.165) is 13.0 Å². The number of benzene rings is 2. The number of carbonyl (C=O) groups is 5.